The Bertz CT molecular complexity index is 1660. The summed E-state index contributed by atoms with van der Waals surface area (Å²) < 4.78 is 50.5. The molecule has 8 atom stereocenters. The lowest BCUT2D eigenvalue weighted by atomic mass is 9.99. The highest BCUT2D eigenvalue weighted by atomic mass is 16.7. The second-order valence-corrected chi connectivity index (χ2v) is 13.0. The summed E-state index contributed by atoms with van der Waals surface area (Å²) in [6.07, 6.45) is -2.64. The van der Waals surface area contributed by atoms with Crippen molar-refractivity contribution in [1.29, 1.82) is 0 Å². The van der Waals surface area contributed by atoms with Crippen LogP contribution in [-0.2, 0) is 59.6 Å². The van der Waals surface area contributed by atoms with E-state index in [0.717, 1.165) is 28.0 Å². The van der Waals surface area contributed by atoms with Crippen LogP contribution in [0.5, 0.6) is 5.75 Å². The number of methoxy groups -OCH3 is 1. The first kappa shape index (κ1) is 37.5. The second kappa shape index (κ2) is 19.5. The largest absolute Gasteiger partial charge is 0.497 e. The van der Waals surface area contributed by atoms with Gasteiger partial charge in [0.25, 0.3) is 0 Å². The molecule has 0 saturated carbocycles. The summed E-state index contributed by atoms with van der Waals surface area (Å²) >= 11 is 0. The number of hydrogen-bond acceptors (Lipinski definition) is 9. The Morgan fingerprint density at radius 3 is 1.69 bits per heavy atom. The molecule has 6 rings (SSSR count). The lowest BCUT2D eigenvalue weighted by Gasteiger charge is -2.42. The van der Waals surface area contributed by atoms with Gasteiger partial charge in [-0.1, -0.05) is 108 Å². The zero-order valence-corrected chi connectivity index (χ0v) is 29.6. The average Bonchev–Trinajstić information content (AvgIpc) is 3.19. The smallest absolute Gasteiger partial charge is 0.161 e. The number of ether oxygens (including phenoxy) is 8. The molecule has 0 spiro atoms. The van der Waals surface area contributed by atoms with E-state index in [9.17, 15) is 5.53 Å². The Morgan fingerprint density at radius 1 is 0.615 bits per heavy atom. The van der Waals surface area contributed by atoms with Gasteiger partial charge in [-0.15, -0.1) is 0 Å². The van der Waals surface area contributed by atoms with E-state index in [2.05, 4.69) is 10.0 Å². The lowest BCUT2D eigenvalue weighted by molar-refractivity contribution is -0.297. The number of benzene rings is 4. The van der Waals surface area contributed by atoms with E-state index in [4.69, 9.17) is 37.9 Å². The molecule has 2 heterocycles. The third-order valence-corrected chi connectivity index (χ3v) is 9.26. The molecule has 2 aliphatic rings. The van der Waals surface area contributed by atoms with Crippen LogP contribution in [-0.4, -0.2) is 62.9 Å². The van der Waals surface area contributed by atoms with Crippen molar-refractivity contribution in [2.45, 2.75) is 95.3 Å². The van der Waals surface area contributed by atoms with Gasteiger partial charge < -0.3 is 37.9 Å². The van der Waals surface area contributed by atoms with Crippen LogP contribution in [0.4, 0.5) is 0 Å². The van der Waals surface area contributed by atoms with Crippen LogP contribution in [0, 0.1) is 0 Å². The molecule has 0 unspecified atom stereocenters. The van der Waals surface area contributed by atoms with Crippen molar-refractivity contribution in [1.82, 2.24) is 0 Å². The van der Waals surface area contributed by atoms with Crippen LogP contribution < -0.4 is 4.74 Å². The van der Waals surface area contributed by atoms with Gasteiger partial charge in [-0.2, -0.15) is 0 Å². The maximum atomic E-state index is 9.33. The zero-order chi connectivity index (χ0) is 36.0. The molecule has 0 N–H and O–H groups in total. The van der Waals surface area contributed by atoms with Gasteiger partial charge in [0.1, 0.15) is 18.0 Å². The third-order valence-electron chi connectivity index (χ3n) is 9.26. The van der Waals surface area contributed by atoms with Crippen LogP contribution in [0.25, 0.3) is 10.4 Å². The number of nitrogens with zero attached hydrogens (tertiary/aromatic N) is 3. The van der Waals surface area contributed by atoms with Gasteiger partial charge in [0.05, 0.1) is 64.5 Å². The van der Waals surface area contributed by atoms with Gasteiger partial charge in [0.2, 0.25) is 0 Å². The Balaban J connectivity index is 1.17. The highest BCUT2D eigenvalue weighted by Gasteiger charge is 2.43. The Labute approximate surface area is 305 Å². The molecule has 0 aliphatic carbocycles. The highest BCUT2D eigenvalue weighted by Crippen LogP contribution is 2.31. The van der Waals surface area contributed by atoms with E-state index < -0.39 is 43.0 Å². The van der Waals surface area contributed by atoms with Crippen molar-refractivity contribution in [3.05, 3.63) is 148 Å². The summed E-state index contributed by atoms with van der Waals surface area (Å²) in [4.78, 5) is 3.08. The van der Waals surface area contributed by atoms with Gasteiger partial charge in [0, 0.05) is 17.8 Å². The third kappa shape index (κ3) is 10.9. The van der Waals surface area contributed by atoms with E-state index in [1.54, 1.807) is 7.11 Å². The molecule has 2 aliphatic heterocycles. The van der Waals surface area contributed by atoms with E-state index in [0.29, 0.717) is 39.3 Å². The van der Waals surface area contributed by atoms with Crippen molar-refractivity contribution in [2.75, 3.05) is 13.7 Å². The first-order chi connectivity index (χ1) is 25.6. The first-order valence-electron chi connectivity index (χ1n) is 17.8. The summed E-state index contributed by atoms with van der Waals surface area (Å²) in [5.41, 5.74) is 13.4. The molecule has 4 aromatic carbocycles. The second-order valence-electron chi connectivity index (χ2n) is 13.0. The minimum atomic E-state index is -0.645. The van der Waals surface area contributed by atoms with E-state index in [1.807, 2.05) is 122 Å². The van der Waals surface area contributed by atoms with Crippen LogP contribution in [0.15, 0.2) is 120 Å². The fourth-order valence-corrected chi connectivity index (χ4v) is 6.45. The standard InChI is InChI=1S/C41H47N3O8/c1-29-40(43-44-42)35(46-25-33-18-20-34(45-2)21-19-33)22-38(51-29)49-28-37-41(50-27-32-16-10-5-11-17-32)36(47-24-30-12-6-3-7-13-30)23-39(52-37)48-26-31-14-8-4-9-15-31/h3-21,29,35-41H,22-28H2,1-2H3/t29-,35-,36-,37-,38-,39+,40-,41+/m1/s1. The molecule has 274 valence electrons. The van der Waals surface area contributed by atoms with Crippen LogP contribution in [0.2, 0.25) is 0 Å². The zero-order valence-electron chi connectivity index (χ0n) is 29.6. The molecule has 11 nitrogen and oxygen atoms in total. The van der Waals surface area contributed by atoms with Crippen LogP contribution in [0.1, 0.15) is 42.0 Å². The summed E-state index contributed by atoms with van der Waals surface area (Å²) in [5, 5.41) is 4.02. The van der Waals surface area contributed by atoms with E-state index >= 15 is 0 Å². The Kier molecular flexibility index (Phi) is 14.1. The van der Waals surface area contributed by atoms with Crippen LogP contribution in [0.3, 0.4) is 0 Å². The molecule has 11 heteroatoms. The van der Waals surface area contributed by atoms with Crippen LogP contribution >= 0.6 is 0 Å². The molecule has 0 bridgehead atoms. The van der Waals surface area contributed by atoms with Gasteiger partial charge in [0.15, 0.2) is 12.6 Å². The first-order valence-corrected chi connectivity index (χ1v) is 17.8. The van der Waals surface area contributed by atoms with Crippen molar-refractivity contribution < 1.29 is 37.9 Å². The Hall–Kier alpha value is -4.29. The summed E-state index contributed by atoms with van der Waals surface area (Å²) in [5.74, 6) is 0.764. The van der Waals surface area contributed by atoms with Crippen molar-refractivity contribution in [3.8, 4) is 5.75 Å². The predicted molar refractivity (Wildman–Crippen MR) is 194 cm³/mol. The maximum absolute atomic E-state index is 9.33. The summed E-state index contributed by atoms with van der Waals surface area (Å²) in [7, 11) is 1.63. The normalized spacial score (nSPS) is 26.0. The van der Waals surface area contributed by atoms with Crippen molar-refractivity contribution in [3.63, 3.8) is 0 Å². The molecule has 2 fully saturated rings. The van der Waals surface area contributed by atoms with E-state index in [-0.39, 0.29) is 12.7 Å². The molecule has 2 saturated heterocycles. The molecular weight excluding hydrogens is 662 g/mol. The average molecular weight is 710 g/mol. The molecule has 52 heavy (non-hydrogen) atoms. The van der Waals surface area contributed by atoms with Gasteiger partial charge >= 0.3 is 0 Å². The quantitative estimate of drug-likeness (QED) is 0.0616. The van der Waals surface area contributed by atoms with Crippen molar-refractivity contribution in [2.24, 2.45) is 5.11 Å². The number of azide groups is 1. The molecule has 0 aromatic heterocycles. The topological polar surface area (TPSA) is 123 Å². The Morgan fingerprint density at radius 2 is 1.12 bits per heavy atom. The predicted octanol–water partition coefficient (Wildman–Crippen LogP) is 7.91. The summed E-state index contributed by atoms with van der Waals surface area (Å²) in [6.45, 7) is 3.50. The number of hydrogen-bond donors (Lipinski definition) is 0. The van der Waals surface area contributed by atoms with E-state index in [1.165, 1.54) is 0 Å². The molecule has 0 radical (unpaired) electrons. The monoisotopic (exact) mass is 709 g/mol. The molecular formula is C41H47N3O8. The summed E-state index contributed by atoms with van der Waals surface area (Å²) in [6, 6.07) is 37.2. The van der Waals surface area contributed by atoms with Gasteiger partial charge in [-0.05, 0) is 46.8 Å². The SMILES string of the molecule is COc1ccc(CO[C@@H]2C[C@H](OC[C@H]3O[C@H](OCc4ccccc4)C[C@@H](OCc4ccccc4)[C@@H]3OCc3ccccc3)O[C@H](C)[C@H]2N=[N+]=[N-])cc1. The van der Waals surface area contributed by atoms with Gasteiger partial charge in [-0.25, -0.2) is 0 Å². The maximum Gasteiger partial charge on any atom is 0.161 e. The fraction of sp³-hybridized carbons (Fsp3) is 0.415. The lowest BCUT2D eigenvalue weighted by Crippen LogP contribution is -2.54. The highest BCUT2D eigenvalue weighted by molar-refractivity contribution is 5.26. The number of rotatable bonds is 17. The fourth-order valence-electron chi connectivity index (χ4n) is 6.45. The molecule has 0 amide bonds. The van der Waals surface area contributed by atoms with Gasteiger partial charge in [-0.3, -0.25) is 0 Å². The minimum Gasteiger partial charge on any atom is -0.497 e. The van der Waals surface area contributed by atoms with Crippen molar-refractivity contribution >= 4 is 0 Å². The molecule has 4 aromatic rings. The minimum absolute atomic E-state index is 0.143.